The summed E-state index contributed by atoms with van der Waals surface area (Å²) < 4.78 is 0. The summed E-state index contributed by atoms with van der Waals surface area (Å²) in [6.45, 7) is 8.09. The monoisotopic (exact) mass is 364 g/mol. The fourth-order valence-corrected chi connectivity index (χ4v) is 5.05. The number of hydrogen-bond donors (Lipinski definition) is 0. The molecule has 1 aliphatic carbocycles. The quantitative estimate of drug-likeness (QED) is 0.686. The van der Waals surface area contributed by atoms with Crippen molar-refractivity contribution in [3.8, 4) is 6.07 Å². The van der Waals surface area contributed by atoms with Gasteiger partial charge in [-0.15, -0.1) is 18.3 Å². The fraction of sp³-hybridized carbons (Fsp3) is 0.409. The van der Waals surface area contributed by atoms with Crippen molar-refractivity contribution in [3.63, 3.8) is 0 Å². The number of benzene rings is 1. The van der Waals surface area contributed by atoms with E-state index in [1.54, 1.807) is 6.08 Å². The molecule has 3 nitrogen and oxygen atoms in total. The molecule has 0 radical (unpaired) electrons. The number of nitriles is 1. The van der Waals surface area contributed by atoms with Crippen LogP contribution in [-0.4, -0.2) is 17.1 Å². The number of allylic oxidation sites excluding steroid dienone is 3. The Bertz CT molecular complexity index is 845. The smallest absolute Gasteiger partial charge is 0.161 e. The molecule has 0 unspecified atom stereocenters. The number of thioether (sulfide) groups is 1. The van der Waals surface area contributed by atoms with Gasteiger partial charge in [0.15, 0.2) is 5.78 Å². The molecule has 134 valence electrons. The zero-order valence-corrected chi connectivity index (χ0v) is 16.4. The van der Waals surface area contributed by atoms with Gasteiger partial charge in [-0.3, -0.25) is 4.79 Å². The predicted molar refractivity (Wildman–Crippen MR) is 108 cm³/mol. The lowest BCUT2D eigenvalue weighted by Crippen LogP contribution is -2.42. The van der Waals surface area contributed by atoms with Gasteiger partial charge < -0.3 is 0 Å². The van der Waals surface area contributed by atoms with E-state index in [4.69, 9.17) is 4.99 Å². The summed E-state index contributed by atoms with van der Waals surface area (Å²) in [4.78, 5) is 18.0. The van der Waals surface area contributed by atoms with Crippen molar-refractivity contribution in [2.45, 2.75) is 39.0 Å². The van der Waals surface area contributed by atoms with Crippen molar-refractivity contribution >= 4 is 22.6 Å². The molecule has 0 saturated heterocycles. The molecule has 0 spiro atoms. The minimum atomic E-state index is -0.876. The van der Waals surface area contributed by atoms with E-state index in [-0.39, 0.29) is 17.1 Å². The molecule has 0 saturated carbocycles. The molecule has 2 aliphatic rings. The number of carbonyl (C=O) groups excluding carboxylic acids is 1. The van der Waals surface area contributed by atoms with E-state index >= 15 is 0 Å². The van der Waals surface area contributed by atoms with Crippen molar-refractivity contribution in [3.05, 3.63) is 59.8 Å². The number of carbonyl (C=O) groups is 1. The maximum Gasteiger partial charge on any atom is 0.161 e. The zero-order valence-electron chi connectivity index (χ0n) is 15.6. The minimum absolute atomic E-state index is 0.102. The lowest BCUT2D eigenvalue weighted by molar-refractivity contribution is -0.118. The van der Waals surface area contributed by atoms with Gasteiger partial charge >= 0.3 is 0 Å². The van der Waals surface area contributed by atoms with Gasteiger partial charge in [0.25, 0.3) is 0 Å². The summed E-state index contributed by atoms with van der Waals surface area (Å²) in [5.74, 6) is -0.178. The van der Waals surface area contributed by atoms with Crippen LogP contribution in [0.3, 0.4) is 0 Å². The van der Waals surface area contributed by atoms with Crippen LogP contribution in [0.25, 0.3) is 0 Å². The Kier molecular flexibility index (Phi) is 4.94. The molecular formula is C22H24N2OS. The fourth-order valence-electron chi connectivity index (χ4n) is 4.24. The molecule has 3 rings (SSSR count). The average Bonchev–Trinajstić information content (AvgIpc) is 2.61. The maximum absolute atomic E-state index is 13.2. The second-order valence-corrected chi connectivity index (χ2v) is 8.64. The second-order valence-electron chi connectivity index (χ2n) is 7.84. The Morgan fingerprint density at radius 1 is 1.35 bits per heavy atom. The Morgan fingerprint density at radius 3 is 2.62 bits per heavy atom. The molecule has 0 fully saturated rings. The summed E-state index contributed by atoms with van der Waals surface area (Å²) in [5.41, 5.74) is 1.61. The number of Topliss-reactive ketones (excluding diaryl/α,β-unsaturated/α-hetero) is 1. The Balaban J connectivity index is 2.31. The highest BCUT2D eigenvalue weighted by atomic mass is 32.2. The van der Waals surface area contributed by atoms with E-state index in [2.05, 4.69) is 26.5 Å². The first-order chi connectivity index (χ1) is 12.4. The minimum Gasteiger partial charge on any atom is -0.294 e. The number of ketones is 1. The third-order valence-electron chi connectivity index (χ3n) is 5.29. The summed E-state index contributed by atoms with van der Waals surface area (Å²) in [6, 6.07) is 12.5. The van der Waals surface area contributed by atoms with E-state index < -0.39 is 5.41 Å². The largest absolute Gasteiger partial charge is 0.294 e. The SMILES string of the molecule is C=CC[C@@]1(C#N)C(SC)=NC2=C(C(=O)CC(C)(C)C2)[C@@H]1c1ccccc1. The molecule has 1 aromatic carbocycles. The first-order valence-electron chi connectivity index (χ1n) is 8.85. The van der Waals surface area contributed by atoms with E-state index in [0.29, 0.717) is 12.8 Å². The molecule has 26 heavy (non-hydrogen) atoms. The van der Waals surface area contributed by atoms with E-state index in [0.717, 1.165) is 28.3 Å². The van der Waals surface area contributed by atoms with Gasteiger partial charge in [0, 0.05) is 23.6 Å². The Hall–Kier alpha value is -2.12. The molecular weight excluding hydrogens is 340 g/mol. The predicted octanol–water partition coefficient (Wildman–Crippen LogP) is 5.27. The molecule has 0 aromatic heterocycles. The zero-order chi connectivity index (χ0) is 18.9. The van der Waals surface area contributed by atoms with Gasteiger partial charge in [0.1, 0.15) is 5.41 Å². The van der Waals surface area contributed by atoms with Gasteiger partial charge in [-0.1, -0.05) is 50.3 Å². The first-order valence-corrected chi connectivity index (χ1v) is 10.1. The first kappa shape index (κ1) is 18.7. The topological polar surface area (TPSA) is 53.2 Å². The molecule has 1 aliphatic heterocycles. The van der Waals surface area contributed by atoms with Gasteiger partial charge in [-0.2, -0.15) is 5.26 Å². The highest BCUT2D eigenvalue weighted by molar-refractivity contribution is 8.13. The summed E-state index contributed by atoms with van der Waals surface area (Å²) in [7, 11) is 0. The number of aliphatic imine (C=N–C) groups is 1. The van der Waals surface area contributed by atoms with Crippen LogP contribution < -0.4 is 0 Å². The van der Waals surface area contributed by atoms with Gasteiger partial charge in [0.2, 0.25) is 0 Å². The standard InChI is InChI=1S/C22H24N2OS/c1-5-11-22(14-23)19(15-9-7-6-8-10-15)18-16(24-20(22)26-4)12-21(2,3)13-17(18)25/h5-10,19H,1,11-13H2,2-4H3/t19-,22-/m0/s1. The van der Waals surface area contributed by atoms with Gasteiger partial charge in [-0.25, -0.2) is 4.99 Å². The number of nitrogens with zero attached hydrogens (tertiary/aromatic N) is 2. The highest BCUT2D eigenvalue weighted by Crippen LogP contribution is 2.55. The third kappa shape index (κ3) is 2.95. The number of rotatable bonds is 3. The van der Waals surface area contributed by atoms with E-state index in [1.165, 1.54) is 11.8 Å². The van der Waals surface area contributed by atoms with Crippen LogP contribution in [-0.2, 0) is 4.79 Å². The van der Waals surface area contributed by atoms with Crippen LogP contribution in [0.15, 0.2) is 59.2 Å². The van der Waals surface area contributed by atoms with Crippen LogP contribution in [0.2, 0.25) is 0 Å². The molecule has 1 heterocycles. The molecule has 0 amide bonds. The van der Waals surface area contributed by atoms with E-state index in [9.17, 15) is 10.1 Å². The second kappa shape index (κ2) is 6.89. The molecule has 2 atom stereocenters. The van der Waals surface area contributed by atoms with Crippen LogP contribution in [0.5, 0.6) is 0 Å². The molecule has 1 aromatic rings. The van der Waals surface area contributed by atoms with Crippen molar-refractivity contribution in [1.29, 1.82) is 5.26 Å². The average molecular weight is 365 g/mol. The van der Waals surface area contributed by atoms with Gasteiger partial charge in [0.05, 0.1) is 11.1 Å². The van der Waals surface area contributed by atoms with Crippen LogP contribution in [0, 0.1) is 22.2 Å². The van der Waals surface area contributed by atoms with Crippen molar-refractivity contribution < 1.29 is 4.79 Å². The van der Waals surface area contributed by atoms with Crippen molar-refractivity contribution in [2.24, 2.45) is 15.8 Å². The molecule has 0 bridgehead atoms. The Morgan fingerprint density at radius 2 is 2.04 bits per heavy atom. The Labute approximate surface area is 159 Å². The van der Waals surface area contributed by atoms with E-state index in [1.807, 2.05) is 36.6 Å². The van der Waals surface area contributed by atoms with Crippen LogP contribution >= 0.6 is 11.8 Å². The third-order valence-corrected chi connectivity index (χ3v) is 6.13. The van der Waals surface area contributed by atoms with Crippen molar-refractivity contribution in [2.75, 3.05) is 6.26 Å². The molecule has 0 N–H and O–H groups in total. The lowest BCUT2D eigenvalue weighted by Gasteiger charge is -2.43. The van der Waals surface area contributed by atoms with Crippen LogP contribution in [0.1, 0.15) is 44.6 Å². The summed E-state index contributed by atoms with van der Waals surface area (Å²) in [6.07, 6.45) is 5.45. The molecule has 4 heteroatoms. The lowest BCUT2D eigenvalue weighted by atomic mass is 9.61. The normalized spacial score (nSPS) is 27.4. The van der Waals surface area contributed by atoms with Crippen molar-refractivity contribution in [1.82, 2.24) is 0 Å². The summed E-state index contributed by atoms with van der Waals surface area (Å²) in [5, 5.41) is 11.0. The number of hydrogen-bond acceptors (Lipinski definition) is 4. The van der Waals surface area contributed by atoms with Gasteiger partial charge in [-0.05, 0) is 30.1 Å². The summed E-state index contributed by atoms with van der Waals surface area (Å²) >= 11 is 1.51. The highest BCUT2D eigenvalue weighted by Gasteiger charge is 2.52. The van der Waals surface area contributed by atoms with Crippen LogP contribution in [0.4, 0.5) is 0 Å². The maximum atomic E-state index is 13.2.